The Balaban J connectivity index is 1.73. The number of nitrogens with zero attached hydrogens (tertiary/aromatic N) is 3. The summed E-state index contributed by atoms with van der Waals surface area (Å²) in [4.78, 5) is 16.1. The van der Waals surface area contributed by atoms with E-state index in [9.17, 15) is 10.1 Å². The van der Waals surface area contributed by atoms with Gasteiger partial charge in [-0.3, -0.25) is 15.0 Å². The summed E-state index contributed by atoms with van der Waals surface area (Å²) in [5.41, 5.74) is 3.12. The molecule has 0 N–H and O–H groups in total. The summed E-state index contributed by atoms with van der Waals surface area (Å²) in [6, 6.07) is 11.8. The molecule has 0 aromatic heterocycles. The minimum atomic E-state index is -0.713. The molecule has 2 aliphatic heterocycles. The highest BCUT2D eigenvalue weighted by Gasteiger charge is 2.57. The van der Waals surface area contributed by atoms with Crippen molar-refractivity contribution in [3.8, 4) is 5.75 Å². The molecule has 1 unspecified atom stereocenters. The fourth-order valence-electron chi connectivity index (χ4n) is 5.35. The number of hydrogen-bond donors (Lipinski definition) is 0. The summed E-state index contributed by atoms with van der Waals surface area (Å²) in [6.07, 6.45) is 4.10. The Hall–Kier alpha value is -2.16. The summed E-state index contributed by atoms with van der Waals surface area (Å²) >= 11 is 3.85. The molecular weight excluding hydrogens is 490 g/mol. The minimum Gasteiger partial charge on any atom is -0.462 e. The van der Waals surface area contributed by atoms with Crippen molar-refractivity contribution in [2.45, 2.75) is 45.4 Å². The molecule has 2 heterocycles. The lowest BCUT2D eigenvalue weighted by Crippen LogP contribution is -2.58. The summed E-state index contributed by atoms with van der Waals surface area (Å²) in [7, 11) is 2.07. The average Bonchev–Trinajstić information content (AvgIpc) is 3.02. The van der Waals surface area contributed by atoms with Gasteiger partial charge < -0.3 is 9.64 Å². The third-order valence-electron chi connectivity index (χ3n) is 7.38. The molecule has 2 aromatic carbocycles. The number of rotatable bonds is 11. The van der Waals surface area contributed by atoms with Gasteiger partial charge in [0.2, 0.25) is 5.72 Å². The van der Waals surface area contributed by atoms with E-state index >= 15 is 0 Å². The number of benzene rings is 2. The van der Waals surface area contributed by atoms with E-state index in [-0.39, 0.29) is 16.0 Å². The van der Waals surface area contributed by atoms with E-state index in [1.807, 2.05) is 29.6 Å². The first-order valence-electron chi connectivity index (χ1n) is 12.7. The number of para-hydroxylation sites is 1. The zero-order valence-corrected chi connectivity index (χ0v) is 23.6. The third kappa shape index (κ3) is 4.87. The molecule has 0 aliphatic carbocycles. The molecule has 0 fully saturated rings. The summed E-state index contributed by atoms with van der Waals surface area (Å²) in [5, 5.41) is 11.8. The van der Waals surface area contributed by atoms with Crippen LogP contribution in [0.2, 0.25) is 0 Å². The fourth-order valence-corrected chi connectivity index (χ4v) is 6.70. The van der Waals surface area contributed by atoms with Gasteiger partial charge in [-0.05, 0) is 49.1 Å². The first kappa shape index (κ1) is 26.9. The number of non-ortho nitro benzene ring substituents is 1. The van der Waals surface area contributed by atoms with Crippen LogP contribution in [0.3, 0.4) is 0 Å². The smallest absolute Gasteiger partial charge is 0.270 e. The molecule has 36 heavy (non-hydrogen) atoms. The van der Waals surface area contributed by atoms with E-state index in [0.717, 1.165) is 58.7 Å². The highest BCUT2D eigenvalue weighted by atomic mass is 32.2. The van der Waals surface area contributed by atoms with E-state index in [2.05, 4.69) is 74.9 Å². The second-order valence-electron chi connectivity index (χ2n) is 9.78. The van der Waals surface area contributed by atoms with Crippen molar-refractivity contribution in [1.29, 1.82) is 0 Å². The van der Waals surface area contributed by atoms with Crippen LogP contribution in [0.1, 0.15) is 44.4 Å². The standard InChI is InChI=1S/C28H37N3O3S2/c1-6-35-16-14-30(15-17-36-7-2)20-22-19-23(31(32)33)18-21-12-13-28(34-26(21)22)27(3,4)24-10-8-9-11-25(24)29(28)5/h8-13,18-19H,6-7,14-17,20H2,1-5H3. The summed E-state index contributed by atoms with van der Waals surface area (Å²) < 4.78 is 6.99. The molecule has 8 heteroatoms. The normalized spacial score (nSPS) is 19.4. The maximum absolute atomic E-state index is 11.8. The predicted octanol–water partition coefficient (Wildman–Crippen LogP) is 6.43. The monoisotopic (exact) mass is 527 g/mol. The number of ether oxygens (including phenoxy) is 1. The Bertz CT molecular complexity index is 1130. The molecule has 0 amide bonds. The molecule has 6 nitrogen and oxygen atoms in total. The Morgan fingerprint density at radius 2 is 1.75 bits per heavy atom. The van der Waals surface area contributed by atoms with Gasteiger partial charge in [-0.15, -0.1) is 0 Å². The van der Waals surface area contributed by atoms with Crippen LogP contribution in [0.15, 0.2) is 42.5 Å². The Kier molecular flexibility index (Phi) is 8.27. The lowest BCUT2D eigenvalue weighted by Gasteiger charge is -2.46. The number of anilines is 1. The van der Waals surface area contributed by atoms with Gasteiger partial charge >= 0.3 is 0 Å². The maximum Gasteiger partial charge on any atom is 0.270 e. The lowest BCUT2D eigenvalue weighted by atomic mass is 9.76. The van der Waals surface area contributed by atoms with E-state index in [1.54, 1.807) is 12.1 Å². The van der Waals surface area contributed by atoms with Gasteiger partial charge in [-0.25, -0.2) is 0 Å². The molecule has 0 saturated carbocycles. The van der Waals surface area contributed by atoms with Crippen LogP contribution in [-0.4, -0.2) is 58.7 Å². The molecule has 0 bridgehead atoms. The van der Waals surface area contributed by atoms with Gasteiger partial charge in [-0.2, -0.15) is 23.5 Å². The molecule has 2 aliphatic rings. The number of fused-ring (bicyclic) bond motifs is 2. The van der Waals surface area contributed by atoms with Crippen LogP contribution in [-0.2, 0) is 12.0 Å². The second-order valence-corrected chi connectivity index (χ2v) is 12.6. The van der Waals surface area contributed by atoms with Gasteiger partial charge in [-0.1, -0.05) is 32.0 Å². The van der Waals surface area contributed by atoms with Crippen LogP contribution in [0.4, 0.5) is 11.4 Å². The largest absolute Gasteiger partial charge is 0.462 e. The van der Waals surface area contributed by atoms with E-state index in [1.165, 1.54) is 5.56 Å². The van der Waals surface area contributed by atoms with Crippen molar-refractivity contribution in [2.24, 2.45) is 0 Å². The highest BCUT2D eigenvalue weighted by Crippen LogP contribution is 2.54. The SMILES string of the molecule is CCSCCN(CCSCC)Cc1cc([N+](=O)[O-])cc2c1OC1(C=C2)N(C)c2ccccc2C1(C)C. The first-order chi connectivity index (χ1) is 17.2. The van der Waals surface area contributed by atoms with Gasteiger partial charge in [0.1, 0.15) is 5.75 Å². The van der Waals surface area contributed by atoms with Crippen LogP contribution in [0, 0.1) is 10.1 Å². The molecule has 0 saturated heterocycles. The summed E-state index contributed by atoms with van der Waals surface area (Å²) in [6.45, 7) is 11.3. The minimum absolute atomic E-state index is 0.112. The third-order valence-corrected chi connectivity index (χ3v) is 9.13. The number of nitro groups is 1. The molecular formula is C28H37N3O3S2. The van der Waals surface area contributed by atoms with Gasteiger partial charge in [0.15, 0.2) is 0 Å². The molecule has 194 valence electrons. The second kappa shape index (κ2) is 11.1. The van der Waals surface area contributed by atoms with Crippen molar-refractivity contribution < 1.29 is 9.66 Å². The van der Waals surface area contributed by atoms with Crippen molar-refractivity contribution in [3.63, 3.8) is 0 Å². The predicted molar refractivity (Wildman–Crippen MR) is 155 cm³/mol. The topological polar surface area (TPSA) is 58.9 Å². The summed E-state index contributed by atoms with van der Waals surface area (Å²) in [5.74, 6) is 5.01. The fraction of sp³-hybridized carbons (Fsp3) is 0.500. The zero-order valence-electron chi connectivity index (χ0n) is 22.0. The van der Waals surface area contributed by atoms with Crippen LogP contribution in [0.5, 0.6) is 5.75 Å². The lowest BCUT2D eigenvalue weighted by molar-refractivity contribution is -0.385. The van der Waals surface area contributed by atoms with E-state index in [4.69, 9.17) is 4.74 Å². The maximum atomic E-state index is 11.8. The van der Waals surface area contributed by atoms with Gasteiger partial charge in [0.25, 0.3) is 5.69 Å². The quantitative estimate of drug-likeness (QED) is 0.189. The number of hydrogen-bond acceptors (Lipinski definition) is 7. The number of nitro benzene ring substituents is 1. The Morgan fingerprint density at radius 1 is 1.08 bits per heavy atom. The van der Waals surface area contributed by atoms with Gasteiger partial charge in [0, 0.05) is 67.1 Å². The zero-order chi connectivity index (χ0) is 25.9. The van der Waals surface area contributed by atoms with Crippen molar-refractivity contribution in [3.05, 3.63) is 69.3 Å². The van der Waals surface area contributed by atoms with E-state index in [0.29, 0.717) is 6.54 Å². The van der Waals surface area contributed by atoms with Crippen LogP contribution < -0.4 is 9.64 Å². The first-order valence-corrected chi connectivity index (χ1v) is 15.0. The van der Waals surface area contributed by atoms with Crippen molar-refractivity contribution >= 4 is 41.0 Å². The Labute approximate surface area is 223 Å². The van der Waals surface area contributed by atoms with Crippen molar-refractivity contribution in [1.82, 2.24) is 4.90 Å². The van der Waals surface area contributed by atoms with Gasteiger partial charge in [0.05, 0.1) is 10.3 Å². The molecule has 1 atom stereocenters. The Morgan fingerprint density at radius 3 is 2.36 bits per heavy atom. The van der Waals surface area contributed by atoms with Crippen LogP contribution >= 0.6 is 23.5 Å². The average molecular weight is 528 g/mol. The highest BCUT2D eigenvalue weighted by molar-refractivity contribution is 7.99. The molecule has 0 radical (unpaired) electrons. The molecule has 1 spiro atoms. The number of thioether (sulfide) groups is 2. The molecule has 4 rings (SSSR count). The van der Waals surface area contributed by atoms with E-state index < -0.39 is 5.72 Å². The molecule has 2 aromatic rings. The van der Waals surface area contributed by atoms with Crippen LogP contribution in [0.25, 0.3) is 6.08 Å². The number of likely N-dealkylation sites (N-methyl/N-ethyl adjacent to an activating group) is 1. The van der Waals surface area contributed by atoms with Crippen molar-refractivity contribution in [2.75, 3.05) is 48.0 Å².